The highest BCUT2D eigenvalue weighted by molar-refractivity contribution is 7.07. The molecule has 7 rings (SSSR count). The normalized spacial score (nSPS) is 15.0. The maximum Gasteiger partial charge on any atom is 0.338 e. The van der Waals surface area contributed by atoms with Crippen molar-refractivity contribution >= 4 is 56.7 Å². The molecule has 0 bridgehead atoms. The van der Waals surface area contributed by atoms with Crippen LogP contribution in [0.3, 0.4) is 0 Å². The van der Waals surface area contributed by atoms with Crippen molar-refractivity contribution in [2.45, 2.75) is 33.4 Å². The first-order valence-electron chi connectivity index (χ1n) is 14.9. The summed E-state index contributed by atoms with van der Waals surface area (Å²) in [4.78, 5) is 33.2. The molecule has 6 nitrogen and oxygen atoms in total. The first-order chi connectivity index (χ1) is 21.9. The van der Waals surface area contributed by atoms with Gasteiger partial charge in [-0.05, 0) is 60.9 Å². The van der Waals surface area contributed by atoms with Gasteiger partial charge in [0.1, 0.15) is 0 Å². The van der Waals surface area contributed by atoms with E-state index < -0.39 is 12.0 Å². The van der Waals surface area contributed by atoms with Crippen LogP contribution in [0.25, 0.3) is 27.8 Å². The van der Waals surface area contributed by atoms with Crippen LogP contribution in [0.5, 0.6) is 0 Å². The van der Waals surface area contributed by atoms with Crippen molar-refractivity contribution < 1.29 is 9.53 Å². The van der Waals surface area contributed by atoms with Crippen molar-refractivity contribution in [3.05, 3.63) is 149 Å². The number of hydrogen-bond acceptors (Lipinski definition) is 5. The van der Waals surface area contributed by atoms with Crippen LogP contribution >= 0.6 is 22.9 Å². The predicted octanol–water partition coefficient (Wildman–Crippen LogP) is 6.92. The molecule has 0 unspecified atom stereocenters. The number of nitrogens with zero attached hydrogens (tertiary/aromatic N) is 3. The average molecular weight is 632 g/mol. The first-order valence-corrected chi connectivity index (χ1v) is 16.1. The minimum Gasteiger partial charge on any atom is -0.463 e. The van der Waals surface area contributed by atoms with Gasteiger partial charge in [0, 0.05) is 33.7 Å². The number of allylic oxidation sites excluding steroid dienone is 1. The lowest BCUT2D eigenvalue weighted by molar-refractivity contribution is -0.139. The second-order valence-electron chi connectivity index (χ2n) is 11.1. The second-order valence-corrected chi connectivity index (χ2v) is 12.5. The number of ether oxygens (including phenoxy) is 1. The first kappa shape index (κ1) is 29.0. The Hall–Kier alpha value is -4.72. The van der Waals surface area contributed by atoms with Crippen LogP contribution in [0.4, 0.5) is 0 Å². The predicted molar refractivity (Wildman–Crippen MR) is 182 cm³/mol. The van der Waals surface area contributed by atoms with Gasteiger partial charge in [0.2, 0.25) is 0 Å². The number of para-hydroxylation sites is 1. The Bertz CT molecular complexity index is 2360. The summed E-state index contributed by atoms with van der Waals surface area (Å²) in [5.41, 5.74) is 5.64. The highest BCUT2D eigenvalue weighted by Crippen LogP contribution is 2.35. The quantitative estimate of drug-likeness (QED) is 0.188. The summed E-state index contributed by atoms with van der Waals surface area (Å²) in [6, 6.07) is 29.3. The van der Waals surface area contributed by atoms with Crippen molar-refractivity contribution in [2.75, 3.05) is 6.61 Å². The molecule has 45 heavy (non-hydrogen) atoms. The van der Waals surface area contributed by atoms with Gasteiger partial charge in [-0.3, -0.25) is 9.36 Å². The minimum absolute atomic E-state index is 0.201. The van der Waals surface area contributed by atoms with Crippen molar-refractivity contribution in [2.24, 2.45) is 4.99 Å². The van der Waals surface area contributed by atoms with Gasteiger partial charge in [-0.15, -0.1) is 0 Å². The maximum atomic E-state index is 14.4. The van der Waals surface area contributed by atoms with Crippen LogP contribution < -0.4 is 14.9 Å². The van der Waals surface area contributed by atoms with Crippen LogP contribution in [0.15, 0.2) is 112 Å². The molecular formula is C37H30ClN3O3S. The summed E-state index contributed by atoms with van der Waals surface area (Å²) < 4.78 is 9.95. The van der Waals surface area contributed by atoms with E-state index in [4.69, 9.17) is 21.3 Å². The Balaban J connectivity index is 1.45. The molecule has 0 aliphatic carbocycles. The molecule has 224 valence electrons. The zero-order chi connectivity index (χ0) is 31.2. The molecule has 0 saturated heterocycles. The van der Waals surface area contributed by atoms with E-state index in [0.717, 1.165) is 44.1 Å². The van der Waals surface area contributed by atoms with Crippen LogP contribution in [-0.4, -0.2) is 21.7 Å². The van der Waals surface area contributed by atoms with Crippen molar-refractivity contribution in [3.8, 4) is 0 Å². The number of thiazole rings is 1. The van der Waals surface area contributed by atoms with Gasteiger partial charge in [-0.25, -0.2) is 9.79 Å². The third kappa shape index (κ3) is 4.93. The largest absolute Gasteiger partial charge is 0.463 e. The van der Waals surface area contributed by atoms with E-state index in [0.29, 0.717) is 32.2 Å². The molecule has 1 aliphatic heterocycles. The fourth-order valence-electron chi connectivity index (χ4n) is 6.35. The van der Waals surface area contributed by atoms with Crippen LogP contribution in [0.1, 0.15) is 42.3 Å². The number of aromatic nitrogens is 2. The molecule has 4 aromatic carbocycles. The summed E-state index contributed by atoms with van der Waals surface area (Å²) in [6.07, 6.45) is 1.97. The summed E-state index contributed by atoms with van der Waals surface area (Å²) in [6.45, 7) is 6.49. The number of rotatable bonds is 6. The lowest BCUT2D eigenvalue weighted by Crippen LogP contribution is -2.40. The van der Waals surface area contributed by atoms with Gasteiger partial charge in [-0.1, -0.05) is 102 Å². The van der Waals surface area contributed by atoms with Crippen LogP contribution in [-0.2, 0) is 16.1 Å². The Labute approximate surface area is 268 Å². The number of hydrogen-bond donors (Lipinski definition) is 0. The molecule has 0 radical (unpaired) electrons. The topological polar surface area (TPSA) is 65.6 Å². The van der Waals surface area contributed by atoms with E-state index >= 15 is 0 Å². The monoisotopic (exact) mass is 631 g/mol. The van der Waals surface area contributed by atoms with Gasteiger partial charge in [0.15, 0.2) is 4.80 Å². The summed E-state index contributed by atoms with van der Waals surface area (Å²) in [7, 11) is 0. The van der Waals surface area contributed by atoms with E-state index in [1.54, 1.807) is 11.5 Å². The zero-order valence-electron chi connectivity index (χ0n) is 25.1. The Morgan fingerprint density at radius 1 is 0.956 bits per heavy atom. The fourth-order valence-corrected chi connectivity index (χ4v) is 7.57. The molecule has 1 aliphatic rings. The molecule has 6 aromatic rings. The number of carbonyl (C=O) groups excluding carboxylic acids is 1. The molecule has 0 N–H and O–H groups in total. The standard InChI is InChI=1S/C37H30ClN3O3S/c1-4-44-36(43)33-22(2)39-37-41(34(33)28-17-11-14-24-12-5-7-15-26(24)28)35(42)32(45-37)20-29-23(3)40(31-19-10-8-16-27(29)31)21-25-13-6-9-18-30(25)38/h5-20,34H,4,21H2,1-3H3/b32-20+/t34-/m0/s1. The highest BCUT2D eigenvalue weighted by atomic mass is 35.5. The van der Waals surface area contributed by atoms with E-state index in [9.17, 15) is 9.59 Å². The molecule has 0 saturated carbocycles. The summed E-state index contributed by atoms with van der Waals surface area (Å²) in [5.74, 6) is -0.468. The summed E-state index contributed by atoms with van der Waals surface area (Å²) >= 11 is 7.88. The Kier molecular flexibility index (Phi) is 7.51. The highest BCUT2D eigenvalue weighted by Gasteiger charge is 2.34. The van der Waals surface area contributed by atoms with Gasteiger partial charge in [-0.2, -0.15) is 0 Å². The fraction of sp³-hybridized carbons (Fsp3) is 0.162. The third-order valence-electron chi connectivity index (χ3n) is 8.48. The van der Waals surface area contributed by atoms with Crippen LogP contribution in [0.2, 0.25) is 5.02 Å². The molecule has 3 heterocycles. The lowest BCUT2D eigenvalue weighted by Gasteiger charge is -2.25. The molecule has 0 amide bonds. The van der Waals surface area contributed by atoms with Gasteiger partial charge < -0.3 is 9.30 Å². The third-order valence-corrected chi connectivity index (χ3v) is 9.83. The van der Waals surface area contributed by atoms with Gasteiger partial charge in [0.05, 0.1) is 28.5 Å². The lowest BCUT2D eigenvalue weighted by atomic mass is 9.91. The number of fused-ring (bicyclic) bond motifs is 3. The zero-order valence-corrected chi connectivity index (χ0v) is 26.7. The number of benzene rings is 4. The molecule has 1 atom stereocenters. The average Bonchev–Trinajstić information content (AvgIpc) is 3.49. The SMILES string of the molecule is CCOC(=O)C1=C(C)N=c2s/c(=C/c3c(C)n(Cc4ccccc4Cl)c4ccccc34)c(=O)n2[C@H]1c1cccc2ccccc12. The van der Waals surface area contributed by atoms with Crippen molar-refractivity contribution in [3.63, 3.8) is 0 Å². The molecule has 8 heteroatoms. The number of esters is 1. The van der Waals surface area contributed by atoms with Crippen molar-refractivity contribution in [1.82, 2.24) is 9.13 Å². The molecule has 0 fully saturated rings. The summed E-state index contributed by atoms with van der Waals surface area (Å²) in [5, 5.41) is 3.75. The second kappa shape index (κ2) is 11.7. The number of halogens is 1. The van der Waals surface area contributed by atoms with Gasteiger partial charge >= 0.3 is 5.97 Å². The molecular weight excluding hydrogens is 602 g/mol. The van der Waals surface area contributed by atoms with E-state index in [1.807, 2.05) is 91.9 Å². The van der Waals surface area contributed by atoms with Crippen LogP contribution in [0, 0.1) is 6.92 Å². The Morgan fingerprint density at radius 3 is 2.47 bits per heavy atom. The smallest absolute Gasteiger partial charge is 0.338 e. The van der Waals surface area contributed by atoms with Gasteiger partial charge in [0.25, 0.3) is 5.56 Å². The van der Waals surface area contributed by atoms with E-state index in [2.05, 4.69) is 23.6 Å². The van der Waals surface area contributed by atoms with E-state index in [-0.39, 0.29) is 12.2 Å². The Morgan fingerprint density at radius 2 is 1.67 bits per heavy atom. The number of carbonyl (C=O) groups is 1. The minimum atomic E-state index is -0.684. The maximum absolute atomic E-state index is 14.4. The molecule has 2 aromatic heterocycles. The van der Waals surface area contributed by atoms with E-state index in [1.165, 1.54) is 11.3 Å². The molecule has 0 spiro atoms. The van der Waals surface area contributed by atoms with Crippen molar-refractivity contribution in [1.29, 1.82) is 0 Å².